The minimum atomic E-state index is -0.541. The molecule has 1 aliphatic rings. The summed E-state index contributed by atoms with van der Waals surface area (Å²) < 4.78 is 6.55. The lowest BCUT2D eigenvalue weighted by Crippen LogP contribution is -2.23. The van der Waals surface area contributed by atoms with Gasteiger partial charge in [0.2, 0.25) is 5.91 Å². The Morgan fingerprint density at radius 3 is 2.77 bits per heavy atom. The summed E-state index contributed by atoms with van der Waals surface area (Å²) in [6, 6.07) is 12.1. The highest BCUT2D eigenvalue weighted by Crippen LogP contribution is 2.23. The molecule has 0 radical (unpaired) electrons. The Morgan fingerprint density at radius 1 is 1.13 bits per heavy atom. The summed E-state index contributed by atoms with van der Waals surface area (Å²) in [4.78, 5) is 52.9. The minimum absolute atomic E-state index is 0.00210. The quantitative estimate of drug-likeness (QED) is 0.485. The molecule has 1 N–H and O–H groups in total. The van der Waals surface area contributed by atoms with Crippen LogP contribution in [0, 0.1) is 0 Å². The van der Waals surface area contributed by atoms with Crippen molar-refractivity contribution >= 4 is 34.3 Å². The van der Waals surface area contributed by atoms with Crippen molar-refractivity contribution < 1.29 is 19.1 Å². The van der Waals surface area contributed by atoms with Gasteiger partial charge in [0.05, 0.1) is 17.3 Å². The summed E-state index contributed by atoms with van der Waals surface area (Å²) in [5, 5.41) is 3.28. The number of para-hydroxylation sites is 1. The number of hydrogen-bond acceptors (Lipinski definition) is 6. The predicted molar refractivity (Wildman–Crippen MR) is 114 cm³/mol. The van der Waals surface area contributed by atoms with E-state index in [9.17, 15) is 19.2 Å². The number of carbonyl (C=O) groups is 3. The van der Waals surface area contributed by atoms with Crippen LogP contribution in [0.1, 0.15) is 34.6 Å². The van der Waals surface area contributed by atoms with E-state index in [4.69, 9.17) is 4.74 Å². The number of anilines is 1. The van der Waals surface area contributed by atoms with Gasteiger partial charge in [0, 0.05) is 31.1 Å². The maximum Gasteiger partial charge on any atom is 0.306 e. The van der Waals surface area contributed by atoms with Gasteiger partial charge in [-0.05, 0) is 42.3 Å². The van der Waals surface area contributed by atoms with Gasteiger partial charge in [-0.15, -0.1) is 0 Å². The van der Waals surface area contributed by atoms with E-state index in [1.54, 1.807) is 49.5 Å². The number of carbonyl (C=O) groups excluding carboxylic acids is 3. The number of aromatic nitrogens is 2. The lowest BCUT2D eigenvalue weighted by Gasteiger charge is -2.17. The fraction of sp³-hybridized carbons (Fsp3) is 0.261. The van der Waals surface area contributed by atoms with Gasteiger partial charge >= 0.3 is 5.97 Å². The Bertz CT molecular complexity index is 1260. The number of nitrogens with zero attached hydrogens (tertiary/aromatic N) is 2. The average molecular weight is 419 g/mol. The molecule has 0 atom stereocenters. The van der Waals surface area contributed by atoms with Crippen LogP contribution in [0.2, 0.25) is 0 Å². The molecule has 0 fully saturated rings. The first-order chi connectivity index (χ1) is 14.9. The molecule has 8 nitrogen and oxygen atoms in total. The zero-order valence-corrected chi connectivity index (χ0v) is 17.0. The second-order valence-electron chi connectivity index (χ2n) is 7.41. The summed E-state index contributed by atoms with van der Waals surface area (Å²) in [5.41, 5.74) is 2.43. The number of rotatable bonds is 6. The third-order valence-electron chi connectivity index (χ3n) is 5.32. The van der Waals surface area contributed by atoms with Gasteiger partial charge in [0.15, 0.2) is 12.4 Å². The van der Waals surface area contributed by atoms with Gasteiger partial charge in [-0.3, -0.25) is 23.7 Å². The Hall–Kier alpha value is -3.81. The Kier molecular flexibility index (Phi) is 5.62. The van der Waals surface area contributed by atoms with Crippen LogP contribution in [0.3, 0.4) is 0 Å². The largest absolute Gasteiger partial charge is 0.457 e. The third-order valence-corrected chi connectivity index (χ3v) is 5.32. The normalized spacial score (nSPS) is 12.9. The van der Waals surface area contributed by atoms with Crippen LogP contribution in [0.15, 0.2) is 47.3 Å². The van der Waals surface area contributed by atoms with Crippen molar-refractivity contribution in [2.45, 2.75) is 25.7 Å². The van der Waals surface area contributed by atoms with E-state index in [-0.39, 0.29) is 36.7 Å². The fourth-order valence-electron chi connectivity index (χ4n) is 3.56. The maximum absolute atomic E-state index is 12.4. The molecule has 4 rings (SSSR count). The van der Waals surface area contributed by atoms with Crippen LogP contribution in [0.4, 0.5) is 5.69 Å². The number of fused-ring (bicyclic) bond motifs is 2. The Morgan fingerprint density at radius 2 is 1.94 bits per heavy atom. The summed E-state index contributed by atoms with van der Waals surface area (Å²) >= 11 is 0. The number of aryl methyl sites for hydroxylation is 2. The van der Waals surface area contributed by atoms with Crippen LogP contribution in [-0.4, -0.2) is 33.8 Å². The average Bonchev–Trinajstić information content (AvgIpc) is 2.78. The molecule has 2 aromatic carbocycles. The van der Waals surface area contributed by atoms with Crippen LogP contribution in [0.5, 0.6) is 0 Å². The van der Waals surface area contributed by atoms with Gasteiger partial charge in [0.1, 0.15) is 5.82 Å². The molecular weight excluding hydrogens is 398 g/mol. The number of ether oxygens (including phenoxy) is 1. The van der Waals surface area contributed by atoms with Crippen molar-refractivity contribution in [2.24, 2.45) is 7.05 Å². The summed E-state index contributed by atoms with van der Waals surface area (Å²) in [7, 11) is 1.62. The molecular formula is C23H21N3O5. The molecule has 0 aliphatic carbocycles. The number of Topliss-reactive ketones (excluding diaryl/α,β-unsaturated/α-hetero) is 1. The molecule has 1 aromatic heterocycles. The van der Waals surface area contributed by atoms with Crippen LogP contribution < -0.4 is 10.9 Å². The van der Waals surface area contributed by atoms with Gasteiger partial charge in [-0.25, -0.2) is 4.98 Å². The first-order valence-electron chi connectivity index (χ1n) is 9.98. The highest BCUT2D eigenvalue weighted by atomic mass is 16.5. The van der Waals surface area contributed by atoms with E-state index >= 15 is 0 Å². The van der Waals surface area contributed by atoms with Gasteiger partial charge in [-0.2, -0.15) is 0 Å². The maximum atomic E-state index is 12.4. The second kappa shape index (κ2) is 8.51. The number of ketones is 1. The predicted octanol–water partition coefficient (Wildman–Crippen LogP) is 2.18. The van der Waals surface area contributed by atoms with Crippen molar-refractivity contribution in [3.05, 3.63) is 69.8 Å². The monoisotopic (exact) mass is 419 g/mol. The smallest absolute Gasteiger partial charge is 0.306 e. The van der Waals surface area contributed by atoms with Crippen LogP contribution in [-0.2, 0) is 34.2 Å². The van der Waals surface area contributed by atoms with Crippen LogP contribution >= 0.6 is 0 Å². The fourth-order valence-corrected chi connectivity index (χ4v) is 3.56. The summed E-state index contributed by atoms with van der Waals surface area (Å²) in [6.07, 6.45) is 1.18. The molecule has 2 heterocycles. The third kappa shape index (κ3) is 4.37. The topological polar surface area (TPSA) is 107 Å². The van der Waals surface area contributed by atoms with E-state index in [0.29, 0.717) is 40.8 Å². The van der Waals surface area contributed by atoms with E-state index in [2.05, 4.69) is 10.3 Å². The van der Waals surface area contributed by atoms with Gasteiger partial charge < -0.3 is 10.1 Å². The minimum Gasteiger partial charge on any atom is -0.457 e. The van der Waals surface area contributed by atoms with E-state index < -0.39 is 5.97 Å². The molecule has 0 unspecified atom stereocenters. The zero-order valence-electron chi connectivity index (χ0n) is 17.0. The van der Waals surface area contributed by atoms with Gasteiger partial charge in [-0.1, -0.05) is 12.1 Å². The molecule has 0 bridgehead atoms. The molecule has 0 saturated carbocycles. The lowest BCUT2D eigenvalue weighted by molar-refractivity contribution is -0.142. The Labute approximate surface area is 177 Å². The molecule has 8 heteroatoms. The highest BCUT2D eigenvalue weighted by molar-refractivity contribution is 6.00. The highest BCUT2D eigenvalue weighted by Gasteiger charge is 2.18. The van der Waals surface area contributed by atoms with E-state index in [1.165, 1.54) is 4.57 Å². The second-order valence-corrected chi connectivity index (χ2v) is 7.41. The van der Waals surface area contributed by atoms with Gasteiger partial charge in [0.25, 0.3) is 5.56 Å². The standard InChI is InChI=1S/C23H21N3O5/c1-26-20(24-18-5-3-2-4-16(18)23(26)30)9-11-22(29)31-13-19(27)15-6-8-17-14(12-15)7-10-21(28)25-17/h2-6,8,12H,7,9-11,13H2,1H3,(H,25,28). The first kappa shape index (κ1) is 20.5. The zero-order chi connectivity index (χ0) is 22.0. The molecule has 0 saturated heterocycles. The molecule has 3 aromatic rings. The van der Waals surface area contributed by atoms with E-state index in [1.807, 2.05) is 0 Å². The number of nitrogens with one attached hydrogen (secondary N) is 1. The SMILES string of the molecule is Cn1c(CCC(=O)OCC(=O)c2ccc3c(c2)CCC(=O)N3)nc2ccccc2c1=O. The lowest BCUT2D eigenvalue weighted by atomic mass is 9.99. The summed E-state index contributed by atoms with van der Waals surface area (Å²) in [6.45, 7) is -0.367. The van der Waals surface area contributed by atoms with Crippen molar-refractivity contribution in [2.75, 3.05) is 11.9 Å². The number of esters is 1. The first-order valence-corrected chi connectivity index (χ1v) is 9.98. The van der Waals surface area contributed by atoms with Crippen molar-refractivity contribution in [3.63, 3.8) is 0 Å². The molecule has 1 aliphatic heterocycles. The molecule has 1 amide bonds. The molecule has 158 valence electrons. The number of hydrogen-bond donors (Lipinski definition) is 1. The molecule has 0 spiro atoms. The number of amides is 1. The Balaban J connectivity index is 1.35. The van der Waals surface area contributed by atoms with Crippen LogP contribution in [0.25, 0.3) is 10.9 Å². The van der Waals surface area contributed by atoms with Crippen molar-refractivity contribution in [1.82, 2.24) is 9.55 Å². The van der Waals surface area contributed by atoms with Crippen molar-refractivity contribution in [3.8, 4) is 0 Å². The van der Waals surface area contributed by atoms with E-state index in [0.717, 1.165) is 5.56 Å². The van der Waals surface area contributed by atoms with Crippen molar-refractivity contribution in [1.29, 1.82) is 0 Å². The molecule has 31 heavy (non-hydrogen) atoms. The summed E-state index contributed by atoms with van der Waals surface area (Å²) in [5.74, 6) is -0.423. The number of benzene rings is 2.